The van der Waals surface area contributed by atoms with Crippen LogP contribution in [0.3, 0.4) is 0 Å². The van der Waals surface area contributed by atoms with Gasteiger partial charge in [0.2, 0.25) is 0 Å². The van der Waals surface area contributed by atoms with E-state index in [0.29, 0.717) is 37.7 Å². The Morgan fingerprint density at radius 2 is 1.96 bits per heavy atom. The molecule has 1 heterocycles. The number of esters is 1. The zero-order valence-corrected chi connectivity index (χ0v) is 17.4. The van der Waals surface area contributed by atoms with E-state index in [1.54, 1.807) is 24.0 Å². The fourth-order valence-corrected chi connectivity index (χ4v) is 3.04. The predicted octanol–water partition coefficient (Wildman–Crippen LogP) is 2.66. The SMILES string of the molecule is CCOC(=O)COc1ccc(N2CCN(C(=O)OC(C)(C)C)CC2C)c(N)c1. The molecule has 1 unspecified atom stereocenters. The first-order valence-corrected chi connectivity index (χ1v) is 9.53. The summed E-state index contributed by atoms with van der Waals surface area (Å²) in [6, 6.07) is 5.42. The van der Waals surface area contributed by atoms with Crippen LogP contribution in [-0.4, -0.2) is 61.5 Å². The number of hydrogen-bond acceptors (Lipinski definition) is 7. The summed E-state index contributed by atoms with van der Waals surface area (Å²) in [5.74, 6) is 0.0892. The van der Waals surface area contributed by atoms with Crippen molar-refractivity contribution in [2.75, 3.05) is 43.5 Å². The molecule has 2 rings (SSSR count). The molecule has 1 atom stereocenters. The van der Waals surface area contributed by atoms with Crippen molar-refractivity contribution in [3.63, 3.8) is 0 Å². The summed E-state index contributed by atoms with van der Waals surface area (Å²) in [5, 5.41) is 0. The average molecular weight is 393 g/mol. The molecule has 0 aliphatic carbocycles. The second-order valence-corrected chi connectivity index (χ2v) is 7.78. The van der Waals surface area contributed by atoms with E-state index in [2.05, 4.69) is 4.90 Å². The fourth-order valence-electron chi connectivity index (χ4n) is 3.04. The van der Waals surface area contributed by atoms with Gasteiger partial charge in [-0.05, 0) is 46.8 Å². The first-order valence-electron chi connectivity index (χ1n) is 9.53. The lowest BCUT2D eigenvalue weighted by molar-refractivity contribution is -0.145. The van der Waals surface area contributed by atoms with Gasteiger partial charge in [0.15, 0.2) is 6.61 Å². The van der Waals surface area contributed by atoms with E-state index in [1.165, 1.54) is 0 Å². The van der Waals surface area contributed by atoms with Gasteiger partial charge in [-0.2, -0.15) is 0 Å². The van der Waals surface area contributed by atoms with Crippen LogP contribution < -0.4 is 15.4 Å². The monoisotopic (exact) mass is 393 g/mol. The molecule has 8 nitrogen and oxygen atoms in total. The highest BCUT2D eigenvalue weighted by Crippen LogP contribution is 2.30. The van der Waals surface area contributed by atoms with Crippen molar-refractivity contribution in [1.29, 1.82) is 0 Å². The van der Waals surface area contributed by atoms with Gasteiger partial charge in [0, 0.05) is 31.7 Å². The third-order valence-electron chi connectivity index (χ3n) is 4.25. The van der Waals surface area contributed by atoms with E-state index in [1.807, 2.05) is 33.8 Å². The lowest BCUT2D eigenvalue weighted by atomic mass is 10.1. The smallest absolute Gasteiger partial charge is 0.410 e. The minimum Gasteiger partial charge on any atom is -0.482 e. The molecular weight excluding hydrogens is 362 g/mol. The number of ether oxygens (including phenoxy) is 3. The van der Waals surface area contributed by atoms with E-state index < -0.39 is 11.6 Å². The number of carbonyl (C=O) groups is 2. The summed E-state index contributed by atoms with van der Waals surface area (Å²) >= 11 is 0. The van der Waals surface area contributed by atoms with Crippen molar-refractivity contribution in [3.8, 4) is 5.75 Å². The zero-order valence-electron chi connectivity index (χ0n) is 17.4. The molecule has 156 valence electrons. The highest BCUT2D eigenvalue weighted by Gasteiger charge is 2.30. The van der Waals surface area contributed by atoms with Crippen LogP contribution in [-0.2, 0) is 14.3 Å². The summed E-state index contributed by atoms with van der Waals surface area (Å²) in [7, 11) is 0. The largest absolute Gasteiger partial charge is 0.482 e. The molecule has 0 aromatic heterocycles. The van der Waals surface area contributed by atoms with E-state index >= 15 is 0 Å². The Labute approximate surface area is 166 Å². The summed E-state index contributed by atoms with van der Waals surface area (Å²) < 4.78 is 15.7. The highest BCUT2D eigenvalue weighted by atomic mass is 16.6. The molecule has 0 radical (unpaired) electrons. The molecule has 0 bridgehead atoms. The van der Waals surface area contributed by atoms with Crippen molar-refractivity contribution in [1.82, 2.24) is 4.90 Å². The Kier molecular flexibility index (Phi) is 6.99. The van der Waals surface area contributed by atoms with Crippen molar-refractivity contribution in [2.24, 2.45) is 0 Å². The van der Waals surface area contributed by atoms with Crippen LogP contribution >= 0.6 is 0 Å². The molecule has 1 fully saturated rings. The number of carbonyl (C=O) groups excluding carboxylic acids is 2. The highest BCUT2D eigenvalue weighted by molar-refractivity contribution is 5.73. The average Bonchev–Trinajstić information content (AvgIpc) is 2.59. The van der Waals surface area contributed by atoms with Gasteiger partial charge >= 0.3 is 12.1 Å². The number of hydrogen-bond donors (Lipinski definition) is 1. The number of benzene rings is 1. The molecule has 2 N–H and O–H groups in total. The maximum atomic E-state index is 12.3. The molecule has 1 amide bonds. The molecule has 1 saturated heterocycles. The predicted molar refractivity (Wildman–Crippen MR) is 108 cm³/mol. The summed E-state index contributed by atoms with van der Waals surface area (Å²) in [5.41, 5.74) is 7.13. The van der Waals surface area contributed by atoms with Crippen LogP contribution in [0.2, 0.25) is 0 Å². The Hall–Kier alpha value is -2.64. The number of rotatable bonds is 5. The van der Waals surface area contributed by atoms with E-state index in [4.69, 9.17) is 19.9 Å². The van der Waals surface area contributed by atoms with Gasteiger partial charge in [-0.1, -0.05) is 0 Å². The Bertz CT molecular complexity index is 702. The number of piperazine rings is 1. The van der Waals surface area contributed by atoms with Gasteiger partial charge in [-0.3, -0.25) is 0 Å². The van der Waals surface area contributed by atoms with Crippen molar-refractivity contribution in [3.05, 3.63) is 18.2 Å². The Balaban J connectivity index is 1.98. The molecule has 8 heteroatoms. The molecule has 0 saturated carbocycles. The Morgan fingerprint density at radius 3 is 2.54 bits per heavy atom. The van der Waals surface area contributed by atoms with Crippen molar-refractivity contribution >= 4 is 23.4 Å². The molecular formula is C20H31N3O5. The summed E-state index contributed by atoms with van der Waals surface area (Å²) in [6.45, 7) is 11.3. The van der Waals surface area contributed by atoms with Gasteiger partial charge in [0.1, 0.15) is 11.4 Å². The first kappa shape index (κ1) is 21.7. The molecule has 1 aliphatic rings. The van der Waals surface area contributed by atoms with Crippen LogP contribution in [0.1, 0.15) is 34.6 Å². The maximum absolute atomic E-state index is 12.3. The van der Waals surface area contributed by atoms with Gasteiger partial charge in [-0.15, -0.1) is 0 Å². The quantitative estimate of drug-likeness (QED) is 0.607. The van der Waals surface area contributed by atoms with E-state index in [-0.39, 0.29) is 18.7 Å². The number of amides is 1. The topological polar surface area (TPSA) is 94.3 Å². The van der Waals surface area contributed by atoms with Crippen LogP contribution in [0.5, 0.6) is 5.75 Å². The van der Waals surface area contributed by atoms with Crippen LogP contribution in [0, 0.1) is 0 Å². The maximum Gasteiger partial charge on any atom is 0.410 e. The number of nitrogens with two attached hydrogens (primary N) is 1. The third kappa shape index (κ3) is 5.94. The lowest BCUT2D eigenvalue weighted by Gasteiger charge is -2.41. The third-order valence-corrected chi connectivity index (χ3v) is 4.25. The number of nitrogens with zero attached hydrogens (tertiary/aromatic N) is 2. The number of nitrogen functional groups attached to an aromatic ring is 1. The molecule has 28 heavy (non-hydrogen) atoms. The van der Waals surface area contributed by atoms with Gasteiger partial charge in [0.25, 0.3) is 0 Å². The normalized spacial score (nSPS) is 17.2. The lowest BCUT2D eigenvalue weighted by Crippen LogP contribution is -2.54. The molecule has 1 aromatic rings. The summed E-state index contributed by atoms with van der Waals surface area (Å²) in [6.07, 6.45) is -0.297. The van der Waals surface area contributed by atoms with Crippen molar-refractivity contribution < 1.29 is 23.8 Å². The van der Waals surface area contributed by atoms with Gasteiger partial charge in [0.05, 0.1) is 18.0 Å². The Morgan fingerprint density at radius 1 is 1.25 bits per heavy atom. The van der Waals surface area contributed by atoms with Crippen LogP contribution in [0.25, 0.3) is 0 Å². The molecule has 1 aromatic carbocycles. The minimum absolute atomic E-state index is 0.0786. The standard InChI is InChI=1S/C20H31N3O5/c1-6-26-18(24)13-27-15-7-8-17(16(21)11-15)23-10-9-22(12-14(23)2)19(25)28-20(3,4)5/h7-8,11,14H,6,9-10,12-13,21H2,1-5H3. The fraction of sp³-hybridized carbons (Fsp3) is 0.600. The van der Waals surface area contributed by atoms with Crippen LogP contribution in [0.15, 0.2) is 18.2 Å². The molecule has 1 aliphatic heterocycles. The van der Waals surface area contributed by atoms with Crippen molar-refractivity contribution in [2.45, 2.75) is 46.3 Å². The summed E-state index contributed by atoms with van der Waals surface area (Å²) in [4.78, 5) is 27.6. The van der Waals surface area contributed by atoms with Gasteiger partial charge < -0.3 is 29.7 Å². The number of anilines is 2. The zero-order chi connectivity index (χ0) is 20.9. The van der Waals surface area contributed by atoms with E-state index in [0.717, 1.165) is 5.69 Å². The second kappa shape index (κ2) is 9.03. The second-order valence-electron chi connectivity index (χ2n) is 7.78. The van der Waals surface area contributed by atoms with E-state index in [9.17, 15) is 9.59 Å². The minimum atomic E-state index is -0.513. The van der Waals surface area contributed by atoms with Gasteiger partial charge in [-0.25, -0.2) is 9.59 Å². The first-order chi connectivity index (χ1) is 13.1. The molecule has 0 spiro atoms. The van der Waals surface area contributed by atoms with Crippen LogP contribution in [0.4, 0.5) is 16.2 Å².